The van der Waals surface area contributed by atoms with Gasteiger partial charge in [-0.05, 0) is 80.1 Å². The maximum Gasteiger partial charge on any atom is 0.0149 e. The Hall–Kier alpha value is -0.0400. The third-order valence-electron chi connectivity index (χ3n) is 6.80. The fourth-order valence-corrected chi connectivity index (χ4v) is 7.03. The second-order valence-corrected chi connectivity index (χ2v) is 8.94. The molecular formula is C19H35N. The maximum absolute atomic E-state index is 3.94. The first-order valence-corrected chi connectivity index (χ1v) is 9.23. The van der Waals surface area contributed by atoms with Crippen molar-refractivity contribution in [3.63, 3.8) is 0 Å². The molecule has 1 N–H and O–H groups in total. The van der Waals surface area contributed by atoms with Crippen LogP contribution in [-0.4, -0.2) is 12.6 Å². The lowest BCUT2D eigenvalue weighted by Crippen LogP contribution is -2.60. The van der Waals surface area contributed by atoms with Gasteiger partial charge in [-0.2, -0.15) is 0 Å². The van der Waals surface area contributed by atoms with Crippen molar-refractivity contribution >= 4 is 0 Å². The molecule has 0 saturated heterocycles. The summed E-state index contributed by atoms with van der Waals surface area (Å²) in [6, 6.07) is 0.776. The zero-order valence-corrected chi connectivity index (χ0v) is 14.2. The fraction of sp³-hybridized carbons (Fsp3) is 1.00. The Labute approximate surface area is 126 Å². The van der Waals surface area contributed by atoms with Gasteiger partial charge in [0.05, 0.1) is 0 Å². The van der Waals surface area contributed by atoms with Crippen LogP contribution in [0, 0.1) is 28.6 Å². The van der Waals surface area contributed by atoms with Crippen molar-refractivity contribution in [1.29, 1.82) is 0 Å². The van der Waals surface area contributed by atoms with Crippen molar-refractivity contribution in [1.82, 2.24) is 5.32 Å². The summed E-state index contributed by atoms with van der Waals surface area (Å²) in [4.78, 5) is 0. The predicted molar refractivity (Wildman–Crippen MR) is 86.8 cm³/mol. The van der Waals surface area contributed by atoms with Crippen molar-refractivity contribution in [3.8, 4) is 0 Å². The molecule has 0 spiro atoms. The van der Waals surface area contributed by atoms with E-state index in [1.54, 1.807) is 6.42 Å². The van der Waals surface area contributed by atoms with Gasteiger partial charge in [-0.15, -0.1) is 0 Å². The Kier molecular flexibility index (Phi) is 3.95. The number of rotatable bonds is 6. The van der Waals surface area contributed by atoms with E-state index >= 15 is 0 Å². The highest BCUT2D eigenvalue weighted by Gasteiger charge is 2.58. The van der Waals surface area contributed by atoms with E-state index in [9.17, 15) is 0 Å². The summed E-state index contributed by atoms with van der Waals surface area (Å²) in [7, 11) is 0. The normalized spacial score (nSPS) is 45.6. The molecule has 4 atom stereocenters. The third kappa shape index (κ3) is 2.45. The molecule has 4 fully saturated rings. The summed E-state index contributed by atoms with van der Waals surface area (Å²) in [5, 5.41) is 3.94. The van der Waals surface area contributed by atoms with E-state index in [2.05, 4.69) is 33.0 Å². The lowest BCUT2D eigenvalue weighted by atomic mass is 9.42. The van der Waals surface area contributed by atoms with E-state index in [0.29, 0.717) is 10.8 Å². The minimum Gasteiger partial charge on any atom is -0.313 e. The second kappa shape index (κ2) is 5.30. The van der Waals surface area contributed by atoms with Gasteiger partial charge in [0.25, 0.3) is 0 Å². The molecule has 116 valence electrons. The van der Waals surface area contributed by atoms with Crippen LogP contribution < -0.4 is 5.32 Å². The number of nitrogens with one attached hydrogen (secondary N) is 1. The first kappa shape index (κ1) is 14.9. The highest BCUT2D eigenvalue weighted by Crippen LogP contribution is 2.66. The molecule has 0 amide bonds. The van der Waals surface area contributed by atoms with Crippen LogP contribution in [0.3, 0.4) is 0 Å². The highest BCUT2D eigenvalue weighted by molar-refractivity contribution is 5.10. The molecule has 4 rings (SSSR count). The minimum atomic E-state index is 0.642. The Morgan fingerprint density at radius 1 is 1.10 bits per heavy atom. The molecular weight excluding hydrogens is 242 g/mol. The van der Waals surface area contributed by atoms with Gasteiger partial charge >= 0.3 is 0 Å². The van der Waals surface area contributed by atoms with Crippen LogP contribution in [0.15, 0.2) is 0 Å². The van der Waals surface area contributed by atoms with Crippen molar-refractivity contribution in [3.05, 3.63) is 0 Å². The largest absolute Gasteiger partial charge is 0.313 e. The SMILES string of the molecule is CCCC(C)C(NCC)C12CC3CC(CC(C)(C3)C1)C2. The zero-order valence-electron chi connectivity index (χ0n) is 14.2. The summed E-state index contributed by atoms with van der Waals surface area (Å²) in [5.74, 6) is 2.95. The Morgan fingerprint density at radius 3 is 2.25 bits per heavy atom. The Morgan fingerprint density at radius 2 is 1.75 bits per heavy atom. The summed E-state index contributed by atoms with van der Waals surface area (Å²) in [6.07, 6.45) is 11.9. The lowest BCUT2D eigenvalue weighted by molar-refractivity contribution is -0.125. The van der Waals surface area contributed by atoms with Crippen molar-refractivity contribution in [2.75, 3.05) is 6.54 Å². The highest BCUT2D eigenvalue weighted by atomic mass is 14.9. The van der Waals surface area contributed by atoms with E-state index in [-0.39, 0.29) is 0 Å². The average Bonchev–Trinajstić information content (AvgIpc) is 2.32. The van der Waals surface area contributed by atoms with Gasteiger partial charge in [0, 0.05) is 6.04 Å². The van der Waals surface area contributed by atoms with Crippen molar-refractivity contribution < 1.29 is 0 Å². The molecule has 0 aromatic heterocycles. The zero-order chi connectivity index (χ0) is 14.4. The molecule has 4 aliphatic carbocycles. The van der Waals surface area contributed by atoms with Gasteiger partial charge in [-0.1, -0.05) is 34.1 Å². The van der Waals surface area contributed by atoms with E-state index in [0.717, 1.165) is 30.3 Å². The van der Waals surface area contributed by atoms with Gasteiger partial charge in [0.2, 0.25) is 0 Å². The summed E-state index contributed by atoms with van der Waals surface area (Å²) < 4.78 is 0. The fourth-order valence-electron chi connectivity index (χ4n) is 7.03. The maximum atomic E-state index is 3.94. The standard InChI is InChI=1S/C19H35N/c1-5-7-14(3)17(20-6-2)19-11-15-8-16(12-19)10-18(4,9-15)13-19/h14-17,20H,5-13H2,1-4H3. The van der Waals surface area contributed by atoms with Gasteiger partial charge in [0.1, 0.15) is 0 Å². The summed E-state index contributed by atoms with van der Waals surface area (Å²) in [6.45, 7) is 10.9. The number of hydrogen-bond acceptors (Lipinski definition) is 1. The van der Waals surface area contributed by atoms with Crippen LogP contribution in [0.4, 0.5) is 0 Å². The first-order valence-electron chi connectivity index (χ1n) is 9.23. The second-order valence-electron chi connectivity index (χ2n) is 8.94. The third-order valence-corrected chi connectivity index (χ3v) is 6.80. The number of hydrogen-bond donors (Lipinski definition) is 1. The van der Waals surface area contributed by atoms with Gasteiger partial charge in [-0.3, -0.25) is 0 Å². The van der Waals surface area contributed by atoms with Crippen LogP contribution in [0.25, 0.3) is 0 Å². The predicted octanol–water partition coefficient (Wildman–Crippen LogP) is 5.01. The molecule has 4 unspecified atom stereocenters. The Bertz CT molecular complexity index is 334. The molecule has 20 heavy (non-hydrogen) atoms. The minimum absolute atomic E-state index is 0.642. The molecule has 0 aromatic rings. The quantitative estimate of drug-likeness (QED) is 0.720. The Balaban J connectivity index is 1.85. The van der Waals surface area contributed by atoms with Crippen LogP contribution >= 0.6 is 0 Å². The molecule has 4 aliphatic rings. The summed E-state index contributed by atoms with van der Waals surface area (Å²) >= 11 is 0. The van der Waals surface area contributed by atoms with Crippen LogP contribution in [0.1, 0.15) is 79.1 Å². The van der Waals surface area contributed by atoms with Crippen LogP contribution in [-0.2, 0) is 0 Å². The van der Waals surface area contributed by atoms with E-state index in [1.165, 1.54) is 44.9 Å². The molecule has 1 heteroatoms. The molecule has 1 nitrogen and oxygen atoms in total. The van der Waals surface area contributed by atoms with Crippen molar-refractivity contribution in [2.45, 2.75) is 85.1 Å². The molecule has 0 aliphatic heterocycles. The summed E-state index contributed by atoms with van der Waals surface area (Å²) in [5.41, 5.74) is 1.33. The van der Waals surface area contributed by atoms with Gasteiger partial charge in [-0.25, -0.2) is 0 Å². The van der Waals surface area contributed by atoms with Gasteiger partial charge in [0.15, 0.2) is 0 Å². The van der Waals surface area contributed by atoms with E-state index in [1.807, 2.05) is 0 Å². The topological polar surface area (TPSA) is 12.0 Å². The van der Waals surface area contributed by atoms with Gasteiger partial charge < -0.3 is 5.32 Å². The molecule has 0 radical (unpaired) electrons. The van der Waals surface area contributed by atoms with E-state index in [4.69, 9.17) is 0 Å². The van der Waals surface area contributed by atoms with Crippen molar-refractivity contribution in [2.24, 2.45) is 28.6 Å². The molecule has 4 saturated carbocycles. The lowest BCUT2D eigenvalue weighted by Gasteiger charge is -2.64. The first-order chi connectivity index (χ1) is 9.50. The smallest absolute Gasteiger partial charge is 0.0149 e. The van der Waals surface area contributed by atoms with Crippen LogP contribution in [0.5, 0.6) is 0 Å². The molecule has 0 heterocycles. The average molecular weight is 277 g/mol. The molecule has 0 aromatic carbocycles. The van der Waals surface area contributed by atoms with Crippen LogP contribution in [0.2, 0.25) is 0 Å². The molecule has 4 bridgehead atoms. The monoisotopic (exact) mass is 277 g/mol. The van der Waals surface area contributed by atoms with E-state index < -0.39 is 0 Å².